The third-order valence-corrected chi connectivity index (χ3v) is 2.61. The highest BCUT2D eigenvalue weighted by atomic mass is 16.5. The van der Waals surface area contributed by atoms with Gasteiger partial charge in [-0.05, 0) is 19.1 Å². The first kappa shape index (κ1) is 16.8. The number of aliphatic carboxylic acids is 1. The Hall–Kier alpha value is -2.28. The van der Waals surface area contributed by atoms with E-state index in [-0.39, 0.29) is 13.2 Å². The average Bonchev–Trinajstić information content (AvgIpc) is 2.45. The third-order valence-electron chi connectivity index (χ3n) is 2.61. The van der Waals surface area contributed by atoms with E-state index >= 15 is 0 Å². The number of methoxy groups -OCH3 is 1. The van der Waals surface area contributed by atoms with Crippen molar-refractivity contribution in [1.29, 1.82) is 0 Å². The van der Waals surface area contributed by atoms with E-state index in [0.29, 0.717) is 18.0 Å². The zero-order valence-electron chi connectivity index (χ0n) is 12.2. The Bertz CT molecular complexity index is 478. The molecule has 1 aromatic carbocycles. The number of urea groups is 1. The Labute approximate surface area is 123 Å². The number of nitrogens with one attached hydrogen (secondary N) is 1. The maximum Gasteiger partial charge on any atom is 0.323 e. The number of ether oxygens (including phenoxy) is 2. The SMILES string of the molecule is CCOc1ccccc1NC(=O)N(CCOC)CC(=O)O. The smallest absolute Gasteiger partial charge is 0.323 e. The lowest BCUT2D eigenvalue weighted by Gasteiger charge is -2.21. The van der Waals surface area contributed by atoms with Crippen LogP contribution in [0.1, 0.15) is 6.92 Å². The largest absolute Gasteiger partial charge is 0.492 e. The van der Waals surface area contributed by atoms with E-state index in [1.54, 1.807) is 24.3 Å². The zero-order valence-corrected chi connectivity index (χ0v) is 12.2. The van der Waals surface area contributed by atoms with Gasteiger partial charge in [0.05, 0.1) is 18.9 Å². The topological polar surface area (TPSA) is 88.1 Å². The van der Waals surface area contributed by atoms with Gasteiger partial charge in [-0.2, -0.15) is 0 Å². The lowest BCUT2D eigenvalue weighted by atomic mass is 10.3. The van der Waals surface area contributed by atoms with Crippen molar-refractivity contribution in [3.63, 3.8) is 0 Å². The van der Waals surface area contributed by atoms with Crippen molar-refractivity contribution in [3.05, 3.63) is 24.3 Å². The molecular weight excluding hydrogens is 276 g/mol. The van der Waals surface area contributed by atoms with Gasteiger partial charge in [0, 0.05) is 13.7 Å². The summed E-state index contributed by atoms with van der Waals surface area (Å²) in [4.78, 5) is 24.1. The monoisotopic (exact) mass is 296 g/mol. The standard InChI is InChI=1S/C14H20N2O5/c1-3-21-12-7-5-4-6-11(12)15-14(19)16(8-9-20-2)10-13(17)18/h4-7H,3,8-10H2,1-2H3,(H,15,19)(H,17,18). The lowest BCUT2D eigenvalue weighted by Crippen LogP contribution is -2.40. The Morgan fingerprint density at radius 1 is 1.33 bits per heavy atom. The van der Waals surface area contributed by atoms with E-state index in [0.717, 1.165) is 4.90 Å². The molecule has 116 valence electrons. The van der Waals surface area contributed by atoms with E-state index in [9.17, 15) is 9.59 Å². The highest BCUT2D eigenvalue weighted by Crippen LogP contribution is 2.23. The average molecular weight is 296 g/mol. The molecule has 2 N–H and O–H groups in total. The number of nitrogens with zero attached hydrogens (tertiary/aromatic N) is 1. The Morgan fingerprint density at radius 3 is 2.67 bits per heavy atom. The molecule has 0 atom stereocenters. The molecule has 2 amide bonds. The molecule has 1 rings (SSSR count). The van der Waals surface area contributed by atoms with Gasteiger partial charge in [0.1, 0.15) is 12.3 Å². The molecular formula is C14H20N2O5. The summed E-state index contributed by atoms with van der Waals surface area (Å²) in [7, 11) is 1.49. The van der Waals surface area contributed by atoms with Gasteiger partial charge >= 0.3 is 12.0 Å². The van der Waals surface area contributed by atoms with E-state index in [4.69, 9.17) is 14.6 Å². The Kier molecular flexibility index (Phi) is 7.03. The molecule has 0 saturated carbocycles. The number of rotatable bonds is 8. The molecule has 7 nitrogen and oxygen atoms in total. The van der Waals surface area contributed by atoms with Gasteiger partial charge in [0.2, 0.25) is 0 Å². The molecule has 0 aromatic heterocycles. The fourth-order valence-electron chi connectivity index (χ4n) is 1.66. The molecule has 0 spiro atoms. The maximum atomic E-state index is 12.2. The summed E-state index contributed by atoms with van der Waals surface area (Å²) in [6, 6.07) is 6.46. The number of carbonyl (C=O) groups excluding carboxylic acids is 1. The van der Waals surface area contributed by atoms with E-state index < -0.39 is 18.5 Å². The second-order valence-electron chi connectivity index (χ2n) is 4.17. The van der Waals surface area contributed by atoms with E-state index in [2.05, 4.69) is 5.32 Å². The van der Waals surface area contributed by atoms with Gasteiger partial charge in [-0.3, -0.25) is 4.79 Å². The second kappa shape index (κ2) is 8.80. The van der Waals surface area contributed by atoms with Crippen molar-refractivity contribution >= 4 is 17.7 Å². The first-order chi connectivity index (χ1) is 10.1. The van der Waals surface area contributed by atoms with Crippen LogP contribution in [0.25, 0.3) is 0 Å². The van der Waals surface area contributed by atoms with Gasteiger partial charge in [-0.25, -0.2) is 4.79 Å². The number of carboxylic acid groups (broad SMARTS) is 1. The first-order valence-corrected chi connectivity index (χ1v) is 6.57. The van der Waals surface area contributed by atoms with Crippen LogP contribution >= 0.6 is 0 Å². The number of carbonyl (C=O) groups is 2. The molecule has 0 aliphatic heterocycles. The summed E-state index contributed by atoms with van der Waals surface area (Å²) in [6.07, 6.45) is 0. The van der Waals surface area contributed by atoms with E-state index in [1.165, 1.54) is 7.11 Å². The molecule has 0 unspecified atom stereocenters. The predicted octanol–water partition coefficient (Wildman–Crippen LogP) is 1.65. The van der Waals surface area contributed by atoms with Crippen LogP contribution in [0, 0.1) is 0 Å². The van der Waals surface area contributed by atoms with Gasteiger partial charge in [-0.15, -0.1) is 0 Å². The third kappa shape index (κ3) is 5.70. The summed E-state index contributed by atoms with van der Waals surface area (Å²) in [5.74, 6) is -0.547. The van der Waals surface area contributed by atoms with Crippen molar-refractivity contribution in [2.45, 2.75) is 6.92 Å². The number of hydrogen-bond donors (Lipinski definition) is 2. The van der Waals surface area contributed by atoms with Crippen molar-refractivity contribution in [2.24, 2.45) is 0 Å². The quantitative estimate of drug-likeness (QED) is 0.761. The van der Waals surface area contributed by atoms with Crippen LogP contribution in [0.5, 0.6) is 5.75 Å². The zero-order chi connectivity index (χ0) is 15.7. The number of benzene rings is 1. The predicted molar refractivity (Wildman–Crippen MR) is 77.7 cm³/mol. The lowest BCUT2D eigenvalue weighted by molar-refractivity contribution is -0.137. The number of anilines is 1. The van der Waals surface area contributed by atoms with Gasteiger partial charge in [0.25, 0.3) is 0 Å². The summed E-state index contributed by atoms with van der Waals surface area (Å²) < 4.78 is 10.3. The van der Waals surface area contributed by atoms with E-state index in [1.807, 2.05) is 6.92 Å². The minimum Gasteiger partial charge on any atom is -0.492 e. The van der Waals surface area contributed by atoms with Crippen LogP contribution in [0.4, 0.5) is 10.5 Å². The van der Waals surface area contributed by atoms with Gasteiger partial charge < -0.3 is 24.8 Å². The molecule has 0 aliphatic rings. The van der Waals surface area contributed by atoms with Gasteiger partial charge in [0.15, 0.2) is 0 Å². The second-order valence-corrected chi connectivity index (χ2v) is 4.17. The number of hydrogen-bond acceptors (Lipinski definition) is 4. The highest BCUT2D eigenvalue weighted by molar-refractivity contribution is 5.92. The van der Waals surface area contributed by atoms with Crippen molar-refractivity contribution in [2.75, 3.05) is 38.7 Å². The molecule has 0 fully saturated rings. The number of amides is 2. The minimum atomic E-state index is -1.08. The van der Waals surface area contributed by atoms with Crippen LogP contribution in [0.3, 0.4) is 0 Å². The molecule has 0 radical (unpaired) electrons. The molecule has 0 saturated heterocycles. The highest BCUT2D eigenvalue weighted by Gasteiger charge is 2.17. The minimum absolute atomic E-state index is 0.186. The molecule has 0 heterocycles. The fraction of sp³-hybridized carbons (Fsp3) is 0.429. The van der Waals surface area contributed by atoms with Crippen LogP contribution in [0.15, 0.2) is 24.3 Å². The Morgan fingerprint density at radius 2 is 2.05 bits per heavy atom. The molecule has 0 aliphatic carbocycles. The summed E-state index contributed by atoms with van der Waals surface area (Å²) in [5, 5.41) is 11.5. The van der Waals surface area contributed by atoms with Crippen LogP contribution < -0.4 is 10.1 Å². The van der Waals surface area contributed by atoms with Crippen molar-refractivity contribution in [3.8, 4) is 5.75 Å². The number of carboxylic acids is 1. The van der Waals surface area contributed by atoms with Crippen LogP contribution in [-0.2, 0) is 9.53 Å². The van der Waals surface area contributed by atoms with Crippen molar-refractivity contribution in [1.82, 2.24) is 4.90 Å². The first-order valence-electron chi connectivity index (χ1n) is 6.57. The fourth-order valence-corrected chi connectivity index (χ4v) is 1.66. The summed E-state index contributed by atoms with van der Waals surface area (Å²) in [6.45, 7) is 2.36. The van der Waals surface area contributed by atoms with Crippen molar-refractivity contribution < 1.29 is 24.2 Å². The Balaban J connectivity index is 2.78. The van der Waals surface area contributed by atoms with Crippen LogP contribution in [-0.4, -0.2) is 55.4 Å². The summed E-state index contributed by atoms with van der Waals surface area (Å²) in [5.41, 5.74) is 0.497. The normalized spacial score (nSPS) is 10.0. The molecule has 0 bridgehead atoms. The van der Waals surface area contributed by atoms with Crippen LogP contribution in [0.2, 0.25) is 0 Å². The van der Waals surface area contributed by atoms with Gasteiger partial charge in [-0.1, -0.05) is 12.1 Å². The maximum absolute atomic E-state index is 12.2. The molecule has 1 aromatic rings. The molecule has 7 heteroatoms. The molecule has 21 heavy (non-hydrogen) atoms. The summed E-state index contributed by atoms with van der Waals surface area (Å²) >= 11 is 0. The number of para-hydroxylation sites is 2.